The Labute approximate surface area is 347 Å². The van der Waals surface area contributed by atoms with Gasteiger partial charge in [0.15, 0.2) is 11.6 Å². The van der Waals surface area contributed by atoms with E-state index >= 15 is 0 Å². The van der Waals surface area contributed by atoms with Gasteiger partial charge in [0.1, 0.15) is 40.7 Å². The molecule has 0 radical (unpaired) electrons. The van der Waals surface area contributed by atoms with Crippen molar-refractivity contribution in [3.63, 3.8) is 0 Å². The maximum Gasteiger partial charge on any atom is 0.343 e. The normalized spacial score (nSPS) is 10.8. The van der Waals surface area contributed by atoms with Crippen LogP contribution < -0.4 is 33.9 Å². The molecule has 6 rings (SSSR count). The summed E-state index contributed by atoms with van der Waals surface area (Å²) in [6.45, 7) is 3.42. The first-order chi connectivity index (χ1) is 28.7. The maximum absolute atomic E-state index is 12.8. The number of carbonyl (C=O) groups is 1. The second kappa shape index (κ2) is 19.7. The van der Waals surface area contributed by atoms with Gasteiger partial charge in [-0.3, -0.25) is 4.68 Å². The minimum atomic E-state index is -0.608. The van der Waals surface area contributed by atoms with Gasteiger partial charge in [-0.15, -0.1) is 0 Å². The van der Waals surface area contributed by atoms with Crippen LogP contribution in [0.3, 0.4) is 0 Å². The van der Waals surface area contributed by atoms with E-state index in [4.69, 9.17) is 44.8 Å². The van der Waals surface area contributed by atoms with E-state index < -0.39 is 5.97 Å². The maximum atomic E-state index is 12.8. The molecule has 16 heteroatoms. The summed E-state index contributed by atoms with van der Waals surface area (Å²) in [5.41, 5.74) is 5.79. The third kappa shape index (κ3) is 10.3. The van der Waals surface area contributed by atoms with Gasteiger partial charge >= 0.3 is 5.97 Å². The van der Waals surface area contributed by atoms with E-state index in [1.54, 1.807) is 53.4 Å². The monoisotopic (exact) mass is 823 g/mol. The van der Waals surface area contributed by atoms with Crippen LogP contribution >= 0.6 is 11.6 Å². The number of methoxy groups -OCH3 is 5. The Kier molecular flexibility index (Phi) is 14.0. The Morgan fingerprint density at radius 2 is 1.47 bits per heavy atom. The van der Waals surface area contributed by atoms with Crippen molar-refractivity contribution < 1.29 is 38.0 Å². The molecular formula is C43H46ClN7O8. The quantitative estimate of drug-likeness (QED) is 0.0624. The van der Waals surface area contributed by atoms with Crippen LogP contribution in [0.5, 0.6) is 28.7 Å². The van der Waals surface area contributed by atoms with Crippen LogP contribution in [-0.2, 0) is 42.8 Å². The number of carbonyl (C=O) groups excluding carboxylic acids is 1. The summed E-state index contributed by atoms with van der Waals surface area (Å²) >= 11 is 6.18. The van der Waals surface area contributed by atoms with Crippen LogP contribution in [0.15, 0.2) is 85.3 Å². The average molecular weight is 824 g/mol. The second-order valence-corrected chi connectivity index (χ2v) is 13.4. The predicted molar refractivity (Wildman–Crippen MR) is 223 cm³/mol. The van der Waals surface area contributed by atoms with Gasteiger partial charge in [0.2, 0.25) is 5.28 Å². The number of rotatable bonds is 19. The van der Waals surface area contributed by atoms with Crippen LogP contribution in [0, 0.1) is 0 Å². The molecule has 59 heavy (non-hydrogen) atoms. The van der Waals surface area contributed by atoms with E-state index in [9.17, 15) is 4.79 Å². The third-order valence-corrected chi connectivity index (χ3v) is 9.41. The summed E-state index contributed by atoms with van der Waals surface area (Å²) in [5, 5.41) is 7.67. The largest absolute Gasteiger partial charge is 0.497 e. The predicted octanol–water partition coefficient (Wildman–Crippen LogP) is 7.81. The molecule has 0 bridgehead atoms. The fourth-order valence-corrected chi connectivity index (χ4v) is 6.53. The minimum absolute atomic E-state index is 0.0577. The molecule has 0 aliphatic carbocycles. The molecule has 0 fully saturated rings. The first-order valence-electron chi connectivity index (χ1n) is 18.5. The molecule has 2 heterocycles. The fraction of sp³-hybridized carbons (Fsp3) is 0.279. The number of benzene rings is 4. The summed E-state index contributed by atoms with van der Waals surface area (Å²) in [5.74, 6) is 3.21. The molecule has 0 amide bonds. The van der Waals surface area contributed by atoms with Gasteiger partial charge in [0.05, 0.1) is 66.6 Å². The van der Waals surface area contributed by atoms with E-state index in [2.05, 4.69) is 42.4 Å². The molecule has 0 aliphatic heterocycles. The standard InChI is InChI=1S/C43H46ClN7O8/c1-8-59-42(52)35-21-45-43(44)48-41(35)47-36-18-28(17-34(39(36)57-7)40-46-26-50(2)49-40)25-58-24-27-10-9-11-31(16-27)51(22-29-12-14-32(53-3)19-37(29)55-5)23-30-13-15-33(54-4)20-38(30)56-6/h9-21,26H,8,22-25H2,1-7H3,(H,45,47,48). The Bertz CT molecular complexity index is 2330. The molecule has 4 aromatic carbocycles. The first-order valence-corrected chi connectivity index (χ1v) is 18.9. The Morgan fingerprint density at radius 1 is 0.797 bits per heavy atom. The molecule has 2 aromatic heterocycles. The zero-order valence-electron chi connectivity index (χ0n) is 33.9. The van der Waals surface area contributed by atoms with Crippen molar-refractivity contribution in [2.75, 3.05) is 52.4 Å². The van der Waals surface area contributed by atoms with Crippen molar-refractivity contribution >= 4 is 34.8 Å². The molecule has 0 atom stereocenters. The fourth-order valence-electron chi connectivity index (χ4n) is 6.40. The number of hydrogen-bond donors (Lipinski definition) is 1. The van der Waals surface area contributed by atoms with E-state index in [-0.39, 0.29) is 29.9 Å². The molecule has 0 spiro atoms. The lowest BCUT2D eigenvalue weighted by atomic mass is 10.1. The molecule has 308 valence electrons. The van der Waals surface area contributed by atoms with Crippen LogP contribution in [0.1, 0.15) is 39.5 Å². The van der Waals surface area contributed by atoms with Gasteiger partial charge in [0.25, 0.3) is 0 Å². The highest BCUT2D eigenvalue weighted by molar-refractivity contribution is 6.28. The number of hydrogen-bond acceptors (Lipinski definition) is 14. The molecule has 15 nitrogen and oxygen atoms in total. The van der Waals surface area contributed by atoms with Crippen molar-refractivity contribution in [1.82, 2.24) is 24.7 Å². The molecule has 6 aromatic rings. The summed E-state index contributed by atoms with van der Waals surface area (Å²) in [6, 6.07) is 23.6. The summed E-state index contributed by atoms with van der Waals surface area (Å²) < 4.78 is 41.5. The summed E-state index contributed by atoms with van der Waals surface area (Å²) in [7, 11) is 9.87. The van der Waals surface area contributed by atoms with Crippen molar-refractivity contribution in [2.24, 2.45) is 7.05 Å². The van der Waals surface area contributed by atoms with Crippen molar-refractivity contribution in [1.29, 1.82) is 0 Å². The minimum Gasteiger partial charge on any atom is -0.497 e. The van der Waals surface area contributed by atoms with Crippen molar-refractivity contribution in [3.05, 3.63) is 118 Å². The highest BCUT2D eigenvalue weighted by Crippen LogP contribution is 2.39. The van der Waals surface area contributed by atoms with Gasteiger partial charge in [-0.25, -0.2) is 14.8 Å². The number of aryl methyl sites for hydroxylation is 1. The first kappa shape index (κ1) is 42.0. The van der Waals surface area contributed by atoms with Gasteiger partial charge in [-0.2, -0.15) is 10.1 Å². The van der Waals surface area contributed by atoms with Gasteiger partial charge in [0, 0.05) is 55.3 Å². The number of nitrogens with zero attached hydrogens (tertiary/aromatic N) is 6. The van der Waals surface area contributed by atoms with Crippen LogP contribution in [-0.4, -0.2) is 72.9 Å². The van der Waals surface area contributed by atoms with Crippen LogP contribution in [0.2, 0.25) is 5.28 Å². The molecule has 1 N–H and O–H groups in total. The molecule has 0 aliphatic rings. The topological polar surface area (TPSA) is 153 Å². The molecule has 0 saturated heterocycles. The number of aromatic nitrogens is 5. The second-order valence-electron chi connectivity index (χ2n) is 13.1. The third-order valence-electron chi connectivity index (χ3n) is 9.23. The van der Waals surface area contributed by atoms with Gasteiger partial charge in [-0.05, 0) is 78.2 Å². The van der Waals surface area contributed by atoms with Crippen molar-refractivity contribution in [3.8, 4) is 40.1 Å². The molecule has 0 saturated carbocycles. The highest BCUT2D eigenvalue weighted by atomic mass is 35.5. The van der Waals surface area contributed by atoms with E-state index in [0.717, 1.165) is 27.9 Å². The van der Waals surface area contributed by atoms with Crippen molar-refractivity contribution in [2.45, 2.75) is 33.2 Å². The molecular weight excluding hydrogens is 778 g/mol. The SMILES string of the molecule is CCOC(=O)c1cnc(Cl)nc1Nc1cc(COCc2cccc(N(Cc3ccc(OC)cc3OC)Cc3ccc(OC)cc3OC)c2)cc(-c2ncn(C)n2)c1OC. The Morgan fingerprint density at radius 3 is 2.07 bits per heavy atom. The van der Waals surface area contributed by atoms with E-state index in [1.165, 1.54) is 13.3 Å². The number of anilines is 3. The van der Waals surface area contributed by atoms with E-state index in [0.29, 0.717) is 65.5 Å². The lowest BCUT2D eigenvalue weighted by molar-refractivity contribution is 0.0526. The van der Waals surface area contributed by atoms with Crippen LogP contribution in [0.25, 0.3) is 11.4 Å². The molecule has 0 unspecified atom stereocenters. The van der Waals surface area contributed by atoms with Gasteiger partial charge in [-0.1, -0.05) is 12.1 Å². The number of esters is 1. The Balaban J connectivity index is 1.29. The average Bonchev–Trinajstić information content (AvgIpc) is 3.69. The number of nitrogens with one attached hydrogen (secondary N) is 1. The number of ether oxygens (including phenoxy) is 7. The lowest BCUT2D eigenvalue weighted by Gasteiger charge is -2.27. The summed E-state index contributed by atoms with van der Waals surface area (Å²) in [4.78, 5) is 27.8. The Hall–Kier alpha value is -6.58. The smallest absolute Gasteiger partial charge is 0.343 e. The summed E-state index contributed by atoms with van der Waals surface area (Å²) in [6.07, 6.45) is 2.91. The zero-order chi connectivity index (χ0) is 41.9. The van der Waals surface area contributed by atoms with Gasteiger partial charge < -0.3 is 43.4 Å². The number of halogens is 1. The highest BCUT2D eigenvalue weighted by Gasteiger charge is 2.22. The lowest BCUT2D eigenvalue weighted by Crippen LogP contribution is -2.23. The van der Waals surface area contributed by atoms with E-state index in [1.807, 2.05) is 60.7 Å². The zero-order valence-corrected chi connectivity index (χ0v) is 34.7. The van der Waals surface area contributed by atoms with Crippen LogP contribution in [0.4, 0.5) is 17.2 Å².